The lowest BCUT2D eigenvalue weighted by Crippen LogP contribution is -2.04. The van der Waals surface area contributed by atoms with Gasteiger partial charge in [-0.25, -0.2) is 9.78 Å². The van der Waals surface area contributed by atoms with E-state index in [0.717, 1.165) is 11.3 Å². The Hall–Kier alpha value is -1.40. The summed E-state index contributed by atoms with van der Waals surface area (Å²) in [6.45, 7) is 2.15. The first kappa shape index (κ1) is 11.1. The molecule has 6 heteroatoms. The van der Waals surface area contributed by atoms with E-state index in [0.29, 0.717) is 17.3 Å². The van der Waals surface area contributed by atoms with Gasteiger partial charge >= 0.3 is 5.97 Å². The Labute approximate surface area is 101 Å². The van der Waals surface area contributed by atoms with Crippen LogP contribution in [-0.4, -0.2) is 17.6 Å². The second-order valence-electron chi connectivity index (χ2n) is 2.99. The zero-order valence-corrected chi connectivity index (χ0v) is 10.2. The number of hydrogen-bond donors (Lipinski definition) is 1. The van der Waals surface area contributed by atoms with Gasteiger partial charge in [-0.05, 0) is 6.92 Å². The van der Waals surface area contributed by atoms with Gasteiger partial charge in [0.2, 0.25) is 0 Å². The number of rotatable bonds is 3. The number of ether oxygens (including phenoxy) is 1. The standard InChI is InChI=1S/C10H10N2O2S2/c1-2-14-9(13)7-4-15-3-6(7)8-5-16-10(11)12-8/h3-5H,2H2,1H3,(H2,11,12). The van der Waals surface area contributed by atoms with Crippen LogP contribution in [0.15, 0.2) is 16.1 Å². The molecule has 84 valence electrons. The zero-order valence-electron chi connectivity index (χ0n) is 8.60. The molecule has 0 aliphatic rings. The quantitative estimate of drug-likeness (QED) is 0.855. The fraction of sp³-hybridized carbons (Fsp3) is 0.200. The van der Waals surface area contributed by atoms with Gasteiger partial charge in [0, 0.05) is 21.7 Å². The molecule has 0 saturated heterocycles. The summed E-state index contributed by atoms with van der Waals surface area (Å²) in [5, 5.41) is 5.97. The highest BCUT2D eigenvalue weighted by molar-refractivity contribution is 7.13. The summed E-state index contributed by atoms with van der Waals surface area (Å²) in [4.78, 5) is 15.8. The minimum atomic E-state index is -0.315. The molecule has 0 atom stereocenters. The smallest absolute Gasteiger partial charge is 0.339 e. The van der Waals surface area contributed by atoms with Crippen molar-refractivity contribution < 1.29 is 9.53 Å². The highest BCUT2D eigenvalue weighted by atomic mass is 32.1. The summed E-state index contributed by atoms with van der Waals surface area (Å²) < 4.78 is 4.97. The number of nitrogens with two attached hydrogens (primary N) is 1. The number of carbonyl (C=O) groups is 1. The largest absolute Gasteiger partial charge is 0.462 e. The third-order valence-electron chi connectivity index (χ3n) is 1.96. The van der Waals surface area contributed by atoms with Gasteiger partial charge in [-0.15, -0.1) is 11.3 Å². The number of esters is 1. The Balaban J connectivity index is 2.36. The Morgan fingerprint density at radius 2 is 2.31 bits per heavy atom. The first-order valence-corrected chi connectivity index (χ1v) is 6.49. The number of hydrogen-bond acceptors (Lipinski definition) is 6. The summed E-state index contributed by atoms with van der Waals surface area (Å²) in [6, 6.07) is 0. The summed E-state index contributed by atoms with van der Waals surface area (Å²) in [5.74, 6) is -0.315. The van der Waals surface area contributed by atoms with Gasteiger partial charge in [0.1, 0.15) is 0 Å². The maximum atomic E-state index is 11.6. The zero-order chi connectivity index (χ0) is 11.5. The van der Waals surface area contributed by atoms with E-state index in [4.69, 9.17) is 10.5 Å². The minimum absolute atomic E-state index is 0.315. The first-order chi connectivity index (χ1) is 7.72. The van der Waals surface area contributed by atoms with Crippen molar-refractivity contribution in [3.05, 3.63) is 21.7 Å². The number of thiazole rings is 1. The number of anilines is 1. The molecule has 0 spiro atoms. The number of aromatic nitrogens is 1. The Morgan fingerprint density at radius 3 is 2.94 bits per heavy atom. The molecule has 0 aromatic carbocycles. The van der Waals surface area contributed by atoms with Crippen LogP contribution in [0.3, 0.4) is 0 Å². The van der Waals surface area contributed by atoms with Crippen LogP contribution in [0, 0.1) is 0 Å². The van der Waals surface area contributed by atoms with E-state index >= 15 is 0 Å². The van der Waals surface area contributed by atoms with Crippen molar-refractivity contribution in [2.75, 3.05) is 12.3 Å². The summed E-state index contributed by atoms with van der Waals surface area (Å²) in [6.07, 6.45) is 0. The molecular formula is C10H10N2O2S2. The third kappa shape index (κ3) is 2.07. The molecule has 2 rings (SSSR count). The van der Waals surface area contributed by atoms with Crippen molar-refractivity contribution in [3.8, 4) is 11.3 Å². The van der Waals surface area contributed by atoms with Gasteiger partial charge in [0.15, 0.2) is 5.13 Å². The van der Waals surface area contributed by atoms with E-state index < -0.39 is 0 Å². The highest BCUT2D eigenvalue weighted by Crippen LogP contribution is 2.29. The van der Waals surface area contributed by atoms with Gasteiger partial charge < -0.3 is 10.5 Å². The maximum absolute atomic E-state index is 11.6. The van der Waals surface area contributed by atoms with Crippen LogP contribution in [0.5, 0.6) is 0 Å². The van der Waals surface area contributed by atoms with Gasteiger partial charge in [-0.2, -0.15) is 11.3 Å². The van der Waals surface area contributed by atoms with Crippen molar-refractivity contribution in [2.24, 2.45) is 0 Å². The highest BCUT2D eigenvalue weighted by Gasteiger charge is 2.16. The molecule has 2 aromatic heterocycles. The second kappa shape index (κ2) is 4.63. The molecule has 2 aromatic rings. The van der Waals surface area contributed by atoms with Gasteiger partial charge in [0.05, 0.1) is 17.9 Å². The number of thiophene rings is 1. The lowest BCUT2D eigenvalue weighted by Gasteiger charge is -2.01. The van der Waals surface area contributed by atoms with Crippen LogP contribution in [-0.2, 0) is 4.74 Å². The van der Waals surface area contributed by atoms with Crippen LogP contribution in [0.4, 0.5) is 5.13 Å². The van der Waals surface area contributed by atoms with E-state index in [1.54, 1.807) is 12.3 Å². The van der Waals surface area contributed by atoms with Crippen molar-refractivity contribution in [1.82, 2.24) is 4.98 Å². The molecule has 0 aliphatic heterocycles. The topological polar surface area (TPSA) is 65.2 Å². The average molecular weight is 254 g/mol. The average Bonchev–Trinajstić information content (AvgIpc) is 2.85. The van der Waals surface area contributed by atoms with E-state index in [1.807, 2.05) is 10.8 Å². The van der Waals surface area contributed by atoms with E-state index in [-0.39, 0.29) is 5.97 Å². The summed E-state index contributed by atoms with van der Waals surface area (Å²) in [5.41, 5.74) is 7.63. The molecule has 2 N–H and O–H groups in total. The fourth-order valence-corrected chi connectivity index (χ4v) is 2.65. The molecule has 0 bridgehead atoms. The van der Waals surface area contributed by atoms with Crippen LogP contribution < -0.4 is 5.73 Å². The van der Waals surface area contributed by atoms with Gasteiger partial charge in [-0.1, -0.05) is 0 Å². The van der Waals surface area contributed by atoms with E-state index in [2.05, 4.69) is 4.98 Å². The van der Waals surface area contributed by atoms with E-state index in [9.17, 15) is 4.79 Å². The van der Waals surface area contributed by atoms with Crippen molar-refractivity contribution in [2.45, 2.75) is 6.92 Å². The normalized spacial score (nSPS) is 10.3. The molecule has 2 heterocycles. The van der Waals surface area contributed by atoms with E-state index in [1.165, 1.54) is 22.7 Å². The van der Waals surface area contributed by atoms with Crippen molar-refractivity contribution in [3.63, 3.8) is 0 Å². The first-order valence-electron chi connectivity index (χ1n) is 4.67. The summed E-state index contributed by atoms with van der Waals surface area (Å²) >= 11 is 2.80. The lowest BCUT2D eigenvalue weighted by molar-refractivity contribution is 0.0528. The van der Waals surface area contributed by atoms with Crippen LogP contribution in [0.1, 0.15) is 17.3 Å². The van der Waals surface area contributed by atoms with Crippen molar-refractivity contribution in [1.29, 1.82) is 0 Å². The SMILES string of the molecule is CCOC(=O)c1cscc1-c1csc(N)n1. The molecule has 0 radical (unpaired) electrons. The van der Waals surface area contributed by atoms with Crippen LogP contribution >= 0.6 is 22.7 Å². The molecule has 4 nitrogen and oxygen atoms in total. The van der Waals surface area contributed by atoms with Gasteiger partial charge in [0.25, 0.3) is 0 Å². The predicted molar refractivity (Wildman–Crippen MR) is 65.8 cm³/mol. The minimum Gasteiger partial charge on any atom is -0.462 e. The molecule has 0 saturated carbocycles. The van der Waals surface area contributed by atoms with Crippen molar-refractivity contribution >= 4 is 33.8 Å². The maximum Gasteiger partial charge on any atom is 0.339 e. The second-order valence-corrected chi connectivity index (χ2v) is 4.62. The lowest BCUT2D eigenvalue weighted by atomic mass is 10.1. The third-order valence-corrected chi connectivity index (χ3v) is 3.37. The van der Waals surface area contributed by atoms with Crippen LogP contribution in [0.2, 0.25) is 0 Å². The Bertz CT molecular complexity index is 504. The van der Waals surface area contributed by atoms with Gasteiger partial charge in [-0.3, -0.25) is 0 Å². The fourth-order valence-electron chi connectivity index (χ4n) is 1.27. The monoisotopic (exact) mass is 254 g/mol. The predicted octanol–water partition coefficient (Wildman–Crippen LogP) is 2.63. The molecule has 16 heavy (non-hydrogen) atoms. The molecule has 0 fully saturated rings. The molecular weight excluding hydrogens is 244 g/mol. The molecule has 0 aliphatic carbocycles. The Kier molecular flexibility index (Phi) is 3.21. The number of nitrogens with zero attached hydrogens (tertiary/aromatic N) is 1. The molecule has 0 amide bonds. The Morgan fingerprint density at radius 1 is 1.50 bits per heavy atom. The molecule has 0 unspecified atom stereocenters. The number of carbonyl (C=O) groups excluding carboxylic acids is 1. The summed E-state index contributed by atoms with van der Waals surface area (Å²) in [7, 11) is 0. The van der Waals surface area contributed by atoms with Crippen LogP contribution in [0.25, 0.3) is 11.3 Å². The number of nitrogen functional groups attached to an aromatic ring is 1.